The van der Waals surface area contributed by atoms with Crippen molar-refractivity contribution in [2.45, 2.75) is 19.9 Å². The molecule has 0 aliphatic heterocycles. The Morgan fingerprint density at radius 1 is 1.35 bits per heavy atom. The lowest BCUT2D eigenvalue weighted by Crippen LogP contribution is -2.24. The second-order valence-electron chi connectivity index (χ2n) is 4.17. The molecule has 2 heterocycles. The van der Waals surface area contributed by atoms with E-state index in [1.165, 1.54) is 11.3 Å². The molecule has 7 heteroatoms. The largest absolute Gasteiger partial charge is 0.361 e. The van der Waals surface area contributed by atoms with Crippen molar-refractivity contribution in [3.63, 3.8) is 0 Å². The number of nitrogens with zero attached hydrogens (tertiary/aromatic N) is 2. The number of aromatic nitrogens is 2. The van der Waals surface area contributed by atoms with E-state index in [0.717, 1.165) is 9.21 Å². The lowest BCUT2D eigenvalue weighted by atomic mass is 10.2. The van der Waals surface area contributed by atoms with Crippen LogP contribution in [0.15, 0.2) is 24.3 Å². The lowest BCUT2D eigenvalue weighted by molar-refractivity contribution is 0.0950. The molecule has 1 unspecified atom stereocenters. The third-order valence-corrected chi connectivity index (χ3v) is 4.03. The van der Waals surface area contributed by atoms with Crippen LogP contribution in [0, 0.1) is 0 Å². The number of hydrogen-bond donors (Lipinski definition) is 2. The molecule has 0 saturated carbocycles. The Labute approximate surface area is 126 Å². The summed E-state index contributed by atoms with van der Waals surface area (Å²) in [4.78, 5) is 12.7. The van der Waals surface area contributed by atoms with Gasteiger partial charge in [-0.3, -0.25) is 4.79 Å². The monoisotopic (exact) mass is 310 g/mol. The molecule has 1 amide bonds. The average molecular weight is 311 g/mol. The highest BCUT2D eigenvalue weighted by Crippen LogP contribution is 2.28. The van der Waals surface area contributed by atoms with Gasteiger partial charge in [0.15, 0.2) is 5.69 Å². The number of carbonyl (C=O) groups is 1. The highest BCUT2D eigenvalue weighted by molar-refractivity contribution is 7.16. The molecule has 0 fully saturated rings. The summed E-state index contributed by atoms with van der Waals surface area (Å²) in [5.74, 6) is 0.403. The van der Waals surface area contributed by atoms with Crippen molar-refractivity contribution in [3.8, 4) is 0 Å². The van der Waals surface area contributed by atoms with Crippen LogP contribution in [-0.2, 0) is 0 Å². The maximum absolute atomic E-state index is 11.6. The van der Waals surface area contributed by atoms with Crippen molar-refractivity contribution in [1.82, 2.24) is 15.5 Å². The van der Waals surface area contributed by atoms with Crippen LogP contribution in [0.4, 0.5) is 5.82 Å². The van der Waals surface area contributed by atoms with E-state index in [2.05, 4.69) is 20.8 Å². The molecule has 2 aromatic heterocycles. The predicted octanol–water partition coefficient (Wildman–Crippen LogP) is 3.11. The molecule has 0 bridgehead atoms. The fraction of sp³-hybridized carbons (Fsp3) is 0.308. The SMILES string of the molecule is CCNC(=O)c1ccc(NC(C)c2ccc(Cl)s2)nn1. The van der Waals surface area contributed by atoms with Gasteiger partial charge in [0.2, 0.25) is 0 Å². The van der Waals surface area contributed by atoms with Crippen molar-refractivity contribution < 1.29 is 4.79 Å². The summed E-state index contributed by atoms with van der Waals surface area (Å²) in [6, 6.07) is 7.31. The highest BCUT2D eigenvalue weighted by atomic mass is 35.5. The van der Waals surface area contributed by atoms with Gasteiger partial charge in [-0.2, -0.15) is 0 Å². The third-order valence-electron chi connectivity index (χ3n) is 2.62. The van der Waals surface area contributed by atoms with Crippen molar-refractivity contribution in [3.05, 3.63) is 39.2 Å². The zero-order chi connectivity index (χ0) is 14.5. The van der Waals surface area contributed by atoms with Gasteiger partial charge in [0, 0.05) is 11.4 Å². The first kappa shape index (κ1) is 14.7. The fourth-order valence-corrected chi connectivity index (χ4v) is 2.70. The average Bonchev–Trinajstić information content (AvgIpc) is 2.86. The number of thiophene rings is 1. The molecule has 0 radical (unpaired) electrons. The van der Waals surface area contributed by atoms with Crippen LogP contribution < -0.4 is 10.6 Å². The second kappa shape index (κ2) is 6.67. The van der Waals surface area contributed by atoms with Gasteiger partial charge >= 0.3 is 0 Å². The van der Waals surface area contributed by atoms with Crippen LogP contribution in [0.2, 0.25) is 4.34 Å². The van der Waals surface area contributed by atoms with Gasteiger partial charge in [0.25, 0.3) is 5.91 Å². The molecular weight excluding hydrogens is 296 g/mol. The third kappa shape index (κ3) is 3.68. The highest BCUT2D eigenvalue weighted by Gasteiger charge is 2.10. The minimum atomic E-state index is -0.218. The van der Waals surface area contributed by atoms with E-state index in [9.17, 15) is 4.79 Å². The second-order valence-corrected chi connectivity index (χ2v) is 5.92. The van der Waals surface area contributed by atoms with Crippen molar-refractivity contribution >= 4 is 34.7 Å². The molecule has 0 saturated heterocycles. The van der Waals surface area contributed by atoms with Gasteiger partial charge in [-0.05, 0) is 38.1 Å². The minimum Gasteiger partial charge on any atom is -0.361 e. The fourth-order valence-electron chi connectivity index (χ4n) is 1.64. The normalized spacial score (nSPS) is 11.9. The summed E-state index contributed by atoms with van der Waals surface area (Å²) in [5, 5.41) is 13.8. The van der Waals surface area contributed by atoms with E-state index in [4.69, 9.17) is 11.6 Å². The summed E-state index contributed by atoms with van der Waals surface area (Å²) < 4.78 is 0.756. The van der Waals surface area contributed by atoms with Crippen LogP contribution in [0.5, 0.6) is 0 Å². The first-order chi connectivity index (χ1) is 9.60. The van der Waals surface area contributed by atoms with E-state index < -0.39 is 0 Å². The Morgan fingerprint density at radius 3 is 2.70 bits per heavy atom. The molecule has 2 rings (SSSR count). The Morgan fingerprint density at radius 2 is 2.15 bits per heavy atom. The minimum absolute atomic E-state index is 0.0807. The predicted molar refractivity (Wildman–Crippen MR) is 81.4 cm³/mol. The number of amides is 1. The van der Waals surface area contributed by atoms with Gasteiger partial charge in [-0.25, -0.2) is 0 Å². The van der Waals surface area contributed by atoms with Crippen LogP contribution >= 0.6 is 22.9 Å². The maximum Gasteiger partial charge on any atom is 0.271 e. The number of hydrogen-bond acceptors (Lipinski definition) is 5. The molecule has 0 aliphatic carbocycles. The topological polar surface area (TPSA) is 66.9 Å². The molecule has 0 aromatic carbocycles. The van der Waals surface area contributed by atoms with Crippen molar-refractivity contribution in [1.29, 1.82) is 0 Å². The Balaban J connectivity index is 2.01. The summed E-state index contributed by atoms with van der Waals surface area (Å²) >= 11 is 7.43. The number of rotatable bonds is 5. The van der Waals surface area contributed by atoms with Crippen molar-refractivity contribution in [2.75, 3.05) is 11.9 Å². The van der Waals surface area contributed by atoms with Gasteiger partial charge in [-0.1, -0.05) is 11.6 Å². The molecule has 5 nitrogen and oxygen atoms in total. The Bertz CT molecular complexity index is 584. The molecule has 0 spiro atoms. The maximum atomic E-state index is 11.6. The molecular formula is C13H15ClN4OS. The summed E-state index contributed by atoms with van der Waals surface area (Å²) in [7, 11) is 0. The van der Waals surface area contributed by atoms with Gasteiger partial charge in [-0.15, -0.1) is 21.5 Å². The van der Waals surface area contributed by atoms with Gasteiger partial charge in [0.05, 0.1) is 10.4 Å². The summed E-state index contributed by atoms with van der Waals surface area (Å²) in [5.41, 5.74) is 0.309. The van der Waals surface area contributed by atoms with Crippen LogP contribution in [-0.4, -0.2) is 22.6 Å². The Kier molecular flexibility index (Phi) is 4.92. The number of halogens is 1. The zero-order valence-corrected chi connectivity index (χ0v) is 12.8. The summed E-state index contributed by atoms with van der Waals surface area (Å²) in [6.45, 7) is 4.44. The van der Waals surface area contributed by atoms with E-state index in [-0.39, 0.29) is 11.9 Å². The van der Waals surface area contributed by atoms with Gasteiger partial charge < -0.3 is 10.6 Å². The van der Waals surface area contributed by atoms with E-state index >= 15 is 0 Å². The summed E-state index contributed by atoms with van der Waals surface area (Å²) in [6.07, 6.45) is 0. The van der Waals surface area contributed by atoms with Gasteiger partial charge in [0.1, 0.15) is 5.82 Å². The molecule has 1 atom stereocenters. The first-order valence-corrected chi connectivity index (χ1v) is 7.43. The van der Waals surface area contributed by atoms with Crippen LogP contribution in [0.3, 0.4) is 0 Å². The van der Waals surface area contributed by atoms with E-state index in [1.807, 2.05) is 26.0 Å². The molecule has 106 valence electrons. The van der Waals surface area contributed by atoms with E-state index in [1.54, 1.807) is 12.1 Å². The first-order valence-electron chi connectivity index (χ1n) is 6.24. The molecule has 2 N–H and O–H groups in total. The standard InChI is InChI=1S/C13H15ClN4OS/c1-3-15-13(19)9-4-7-12(18-17-9)16-8(2)10-5-6-11(14)20-10/h4-8H,3H2,1-2H3,(H,15,19)(H,16,18). The zero-order valence-electron chi connectivity index (χ0n) is 11.2. The number of anilines is 1. The van der Waals surface area contributed by atoms with Crippen molar-refractivity contribution in [2.24, 2.45) is 0 Å². The lowest BCUT2D eigenvalue weighted by Gasteiger charge is -2.12. The smallest absolute Gasteiger partial charge is 0.271 e. The Hall–Kier alpha value is -1.66. The quantitative estimate of drug-likeness (QED) is 0.890. The van der Waals surface area contributed by atoms with Crippen LogP contribution in [0.25, 0.3) is 0 Å². The number of nitrogens with one attached hydrogen (secondary N) is 2. The molecule has 0 aliphatic rings. The molecule has 2 aromatic rings. The number of carbonyl (C=O) groups excluding carboxylic acids is 1. The van der Waals surface area contributed by atoms with E-state index in [0.29, 0.717) is 18.1 Å². The van der Waals surface area contributed by atoms with Crippen LogP contribution in [0.1, 0.15) is 35.3 Å². The molecule has 20 heavy (non-hydrogen) atoms.